The molecule has 4 nitrogen and oxygen atoms in total. The van der Waals surface area contributed by atoms with E-state index in [1.165, 1.54) is 0 Å². The quantitative estimate of drug-likeness (QED) is 0.519. The maximum atomic E-state index is 5.44. The third-order valence-electron chi connectivity index (χ3n) is 3.36. The van der Waals surface area contributed by atoms with Crippen LogP contribution in [-0.2, 0) is 7.05 Å². The van der Waals surface area contributed by atoms with Crippen molar-refractivity contribution >= 4 is 21.9 Å². The molecular weight excluding hydrogens is 238 g/mol. The summed E-state index contributed by atoms with van der Waals surface area (Å²) in [6.45, 7) is 0. The van der Waals surface area contributed by atoms with Gasteiger partial charge in [-0.25, -0.2) is 4.98 Å². The van der Waals surface area contributed by atoms with Crippen LogP contribution in [0, 0.1) is 0 Å². The lowest BCUT2D eigenvalue weighted by atomic mass is 10.2. The number of fused-ring (bicyclic) bond motifs is 3. The highest BCUT2D eigenvalue weighted by Crippen LogP contribution is 2.28. The summed E-state index contributed by atoms with van der Waals surface area (Å²) in [6, 6.07) is 11.8. The predicted octanol–water partition coefficient (Wildman–Crippen LogP) is 3.38. The third kappa shape index (κ3) is 1.40. The molecule has 92 valence electrons. The Morgan fingerprint density at radius 3 is 2.79 bits per heavy atom. The molecule has 0 N–H and O–H groups in total. The minimum absolute atomic E-state index is 0.774. The van der Waals surface area contributed by atoms with Gasteiger partial charge in [0.05, 0.1) is 22.8 Å². The molecule has 3 heterocycles. The van der Waals surface area contributed by atoms with Gasteiger partial charge in [-0.15, -0.1) is 0 Å². The van der Waals surface area contributed by atoms with Gasteiger partial charge in [-0.2, -0.15) is 0 Å². The second-order valence-corrected chi connectivity index (χ2v) is 4.48. The van der Waals surface area contributed by atoms with Gasteiger partial charge >= 0.3 is 0 Å². The SMILES string of the molecule is Cn1c(-c2ccco2)nc2ccc3ncccc3c21. The summed E-state index contributed by atoms with van der Waals surface area (Å²) < 4.78 is 7.50. The number of nitrogens with zero attached hydrogens (tertiary/aromatic N) is 3. The number of imidazole rings is 1. The van der Waals surface area contributed by atoms with E-state index in [0.29, 0.717) is 0 Å². The molecule has 0 saturated heterocycles. The van der Waals surface area contributed by atoms with E-state index in [1.54, 1.807) is 12.5 Å². The Morgan fingerprint density at radius 1 is 1.05 bits per heavy atom. The van der Waals surface area contributed by atoms with Crippen LogP contribution in [0.2, 0.25) is 0 Å². The molecule has 4 heteroatoms. The minimum Gasteiger partial charge on any atom is -0.461 e. The molecule has 0 fully saturated rings. The van der Waals surface area contributed by atoms with Crippen LogP contribution >= 0.6 is 0 Å². The second kappa shape index (κ2) is 3.68. The van der Waals surface area contributed by atoms with Gasteiger partial charge in [0, 0.05) is 18.6 Å². The van der Waals surface area contributed by atoms with E-state index in [2.05, 4.69) is 20.6 Å². The van der Waals surface area contributed by atoms with Crippen molar-refractivity contribution in [2.75, 3.05) is 0 Å². The molecule has 0 radical (unpaired) electrons. The first kappa shape index (κ1) is 10.3. The predicted molar refractivity (Wildman–Crippen MR) is 73.7 cm³/mol. The van der Waals surface area contributed by atoms with Crippen LogP contribution < -0.4 is 0 Å². The Balaban J connectivity index is 2.15. The Kier molecular flexibility index (Phi) is 2.00. The van der Waals surface area contributed by atoms with Gasteiger partial charge < -0.3 is 8.98 Å². The standard InChI is InChI=1S/C15H11N3O/c1-18-14-10-4-2-8-16-11(10)6-7-12(14)17-15(18)13-5-3-9-19-13/h2-9H,1H3. The summed E-state index contributed by atoms with van der Waals surface area (Å²) in [6.07, 6.45) is 3.46. The Morgan fingerprint density at radius 2 is 1.95 bits per heavy atom. The number of hydrogen-bond donors (Lipinski definition) is 0. The number of benzene rings is 1. The van der Waals surface area contributed by atoms with Gasteiger partial charge in [-0.3, -0.25) is 4.98 Å². The number of aryl methyl sites for hydroxylation is 1. The highest BCUT2D eigenvalue weighted by Gasteiger charge is 2.14. The molecule has 0 bridgehead atoms. The zero-order valence-corrected chi connectivity index (χ0v) is 10.4. The summed E-state index contributed by atoms with van der Waals surface area (Å²) in [5.41, 5.74) is 3.01. The fourth-order valence-electron chi connectivity index (χ4n) is 2.49. The average Bonchev–Trinajstić information content (AvgIpc) is 3.06. The van der Waals surface area contributed by atoms with Crippen molar-refractivity contribution in [1.82, 2.24) is 14.5 Å². The molecule has 19 heavy (non-hydrogen) atoms. The Labute approximate surface area is 109 Å². The molecule has 0 aliphatic carbocycles. The number of hydrogen-bond acceptors (Lipinski definition) is 3. The van der Waals surface area contributed by atoms with E-state index in [4.69, 9.17) is 4.42 Å². The fourth-order valence-corrected chi connectivity index (χ4v) is 2.49. The average molecular weight is 249 g/mol. The summed E-state index contributed by atoms with van der Waals surface area (Å²) in [7, 11) is 2.00. The summed E-state index contributed by atoms with van der Waals surface area (Å²) in [5, 5.41) is 1.10. The molecule has 4 rings (SSSR count). The molecule has 0 amide bonds. The maximum absolute atomic E-state index is 5.44. The van der Waals surface area contributed by atoms with Crippen LogP contribution in [-0.4, -0.2) is 14.5 Å². The lowest BCUT2D eigenvalue weighted by Gasteiger charge is -2.02. The first-order valence-corrected chi connectivity index (χ1v) is 6.08. The molecular formula is C15H11N3O. The van der Waals surface area contributed by atoms with Gasteiger partial charge in [0.2, 0.25) is 0 Å². The van der Waals surface area contributed by atoms with Crippen molar-refractivity contribution in [1.29, 1.82) is 0 Å². The molecule has 1 aromatic carbocycles. The summed E-state index contributed by atoms with van der Waals surface area (Å²) in [4.78, 5) is 9.03. The topological polar surface area (TPSA) is 43.9 Å². The second-order valence-electron chi connectivity index (χ2n) is 4.48. The molecule has 0 saturated carbocycles. The van der Waals surface area contributed by atoms with Crippen molar-refractivity contribution in [2.45, 2.75) is 0 Å². The fraction of sp³-hybridized carbons (Fsp3) is 0.0667. The van der Waals surface area contributed by atoms with Crippen molar-refractivity contribution in [3.05, 3.63) is 48.9 Å². The van der Waals surface area contributed by atoms with E-state index < -0.39 is 0 Å². The van der Waals surface area contributed by atoms with Crippen LogP contribution in [0.3, 0.4) is 0 Å². The minimum atomic E-state index is 0.774. The van der Waals surface area contributed by atoms with Crippen molar-refractivity contribution in [3.8, 4) is 11.6 Å². The first-order valence-electron chi connectivity index (χ1n) is 6.08. The normalized spacial score (nSPS) is 11.4. The Bertz CT molecular complexity index is 875. The van der Waals surface area contributed by atoms with Gasteiger partial charge in [0.15, 0.2) is 11.6 Å². The van der Waals surface area contributed by atoms with E-state index in [1.807, 2.05) is 37.4 Å². The zero-order valence-electron chi connectivity index (χ0n) is 10.4. The highest BCUT2D eigenvalue weighted by molar-refractivity contribution is 6.03. The van der Waals surface area contributed by atoms with Crippen molar-refractivity contribution in [2.24, 2.45) is 7.05 Å². The Hall–Kier alpha value is -2.62. The largest absolute Gasteiger partial charge is 0.461 e. The summed E-state index contributed by atoms with van der Waals surface area (Å²) in [5.74, 6) is 1.60. The van der Waals surface area contributed by atoms with Crippen LogP contribution in [0.1, 0.15) is 0 Å². The van der Waals surface area contributed by atoms with Crippen LogP contribution in [0.5, 0.6) is 0 Å². The first-order chi connectivity index (χ1) is 9.34. The molecule has 4 aromatic rings. The zero-order chi connectivity index (χ0) is 12.8. The van der Waals surface area contributed by atoms with Crippen LogP contribution in [0.15, 0.2) is 53.3 Å². The van der Waals surface area contributed by atoms with Gasteiger partial charge in [-0.1, -0.05) is 0 Å². The van der Waals surface area contributed by atoms with E-state index >= 15 is 0 Å². The molecule has 3 aromatic heterocycles. The summed E-state index contributed by atoms with van der Waals surface area (Å²) >= 11 is 0. The van der Waals surface area contributed by atoms with Crippen LogP contribution in [0.4, 0.5) is 0 Å². The lowest BCUT2D eigenvalue weighted by molar-refractivity contribution is 0.574. The monoisotopic (exact) mass is 249 g/mol. The number of furan rings is 1. The van der Waals surface area contributed by atoms with Gasteiger partial charge in [0.1, 0.15) is 0 Å². The molecule has 0 spiro atoms. The van der Waals surface area contributed by atoms with E-state index in [0.717, 1.165) is 33.5 Å². The number of rotatable bonds is 1. The maximum Gasteiger partial charge on any atom is 0.176 e. The molecule has 0 atom stereocenters. The van der Waals surface area contributed by atoms with Crippen molar-refractivity contribution in [3.63, 3.8) is 0 Å². The highest BCUT2D eigenvalue weighted by atomic mass is 16.3. The molecule has 0 aliphatic heterocycles. The molecule has 0 unspecified atom stereocenters. The van der Waals surface area contributed by atoms with Gasteiger partial charge in [0.25, 0.3) is 0 Å². The number of pyridine rings is 1. The number of aromatic nitrogens is 3. The van der Waals surface area contributed by atoms with Gasteiger partial charge in [-0.05, 0) is 36.4 Å². The third-order valence-corrected chi connectivity index (χ3v) is 3.36. The van der Waals surface area contributed by atoms with Crippen molar-refractivity contribution < 1.29 is 4.42 Å². The van der Waals surface area contributed by atoms with E-state index in [9.17, 15) is 0 Å². The molecule has 0 aliphatic rings. The van der Waals surface area contributed by atoms with Crippen LogP contribution in [0.25, 0.3) is 33.5 Å². The van der Waals surface area contributed by atoms with E-state index in [-0.39, 0.29) is 0 Å². The lowest BCUT2D eigenvalue weighted by Crippen LogP contribution is -1.92. The smallest absolute Gasteiger partial charge is 0.176 e.